The number of aromatic nitrogens is 2. The molecule has 1 aliphatic carbocycles. The van der Waals surface area contributed by atoms with Gasteiger partial charge in [-0.25, -0.2) is 4.68 Å². The third-order valence-corrected chi connectivity index (χ3v) is 7.62. The van der Waals surface area contributed by atoms with E-state index in [1.807, 2.05) is 64.4 Å². The first-order valence-corrected chi connectivity index (χ1v) is 12.3. The number of benzene rings is 1. The maximum Gasteiger partial charge on any atom is 0.231 e. The molecule has 2 atom stereocenters. The number of piperidine rings is 1. The molecule has 1 saturated carbocycles. The topological polar surface area (TPSA) is 67.2 Å². The van der Waals surface area contributed by atoms with Crippen LogP contribution in [0.5, 0.6) is 0 Å². The van der Waals surface area contributed by atoms with Crippen LogP contribution in [0.1, 0.15) is 61.0 Å². The molecule has 2 amide bonds. The van der Waals surface area contributed by atoms with Crippen molar-refractivity contribution in [2.24, 2.45) is 5.92 Å². The minimum Gasteiger partial charge on any atom is -0.311 e. The predicted octanol–water partition coefficient (Wildman–Crippen LogP) is 5.49. The zero-order valence-electron chi connectivity index (χ0n) is 18.2. The summed E-state index contributed by atoms with van der Waals surface area (Å²) in [4.78, 5) is 29.5. The molecular formula is C25H28N4O2S. The van der Waals surface area contributed by atoms with Gasteiger partial charge in [0.15, 0.2) is 0 Å². The fraction of sp³-hybridized carbons (Fsp3) is 0.400. The lowest BCUT2D eigenvalue weighted by Gasteiger charge is -2.40. The first-order valence-electron chi connectivity index (χ1n) is 11.4. The number of anilines is 2. The molecular weight excluding hydrogens is 420 g/mol. The number of thiophene rings is 1. The average molecular weight is 449 g/mol. The van der Waals surface area contributed by atoms with E-state index >= 15 is 0 Å². The van der Waals surface area contributed by atoms with Crippen LogP contribution in [0, 0.1) is 12.8 Å². The number of hydrogen-bond acceptors (Lipinski definition) is 4. The maximum atomic E-state index is 13.6. The smallest absolute Gasteiger partial charge is 0.231 e. The quantitative estimate of drug-likeness (QED) is 0.561. The molecule has 1 saturated heterocycles. The lowest BCUT2D eigenvalue weighted by atomic mass is 9.86. The molecule has 0 spiro atoms. The number of carbonyl (C=O) groups is 2. The molecule has 1 aromatic carbocycles. The second-order valence-electron chi connectivity index (χ2n) is 8.79. The highest BCUT2D eigenvalue weighted by atomic mass is 32.1. The summed E-state index contributed by atoms with van der Waals surface area (Å²) >= 11 is 1.59. The molecule has 2 unspecified atom stereocenters. The third kappa shape index (κ3) is 3.97. The van der Waals surface area contributed by atoms with Gasteiger partial charge in [0.1, 0.15) is 5.82 Å². The van der Waals surface area contributed by atoms with E-state index < -0.39 is 0 Å². The van der Waals surface area contributed by atoms with Gasteiger partial charge in [0.25, 0.3) is 0 Å². The summed E-state index contributed by atoms with van der Waals surface area (Å²) in [7, 11) is 0. The van der Waals surface area contributed by atoms with Gasteiger partial charge >= 0.3 is 0 Å². The molecule has 6 nitrogen and oxygen atoms in total. The highest BCUT2D eigenvalue weighted by molar-refractivity contribution is 7.10. The van der Waals surface area contributed by atoms with Crippen molar-refractivity contribution in [3.8, 4) is 0 Å². The van der Waals surface area contributed by atoms with Gasteiger partial charge in [-0.15, -0.1) is 11.3 Å². The first-order chi connectivity index (χ1) is 15.6. The van der Waals surface area contributed by atoms with Crippen LogP contribution < -0.4 is 10.2 Å². The van der Waals surface area contributed by atoms with E-state index in [1.165, 1.54) is 12.8 Å². The van der Waals surface area contributed by atoms with Gasteiger partial charge in [-0.3, -0.25) is 9.59 Å². The van der Waals surface area contributed by atoms with Gasteiger partial charge in [-0.1, -0.05) is 36.6 Å². The molecule has 1 aliphatic heterocycles. The fourth-order valence-electron chi connectivity index (χ4n) is 5.03. The SMILES string of the molecule is Cc1ccc(N2C(=O)CCC(C(=O)Nc3ccnn3C3CCCC3)C2c2cccs2)cc1. The van der Waals surface area contributed by atoms with E-state index in [0.29, 0.717) is 18.9 Å². The Morgan fingerprint density at radius 2 is 1.88 bits per heavy atom. The van der Waals surface area contributed by atoms with Gasteiger partial charge in [0.05, 0.1) is 24.2 Å². The maximum absolute atomic E-state index is 13.6. The Hall–Kier alpha value is -2.93. The normalized spacial score (nSPS) is 21.8. The van der Waals surface area contributed by atoms with Crippen molar-refractivity contribution < 1.29 is 9.59 Å². The number of nitrogens with one attached hydrogen (secondary N) is 1. The lowest BCUT2D eigenvalue weighted by Crippen LogP contribution is -2.46. The molecule has 7 heteroatoms. The molecule has 3 heterocycles. The predicted molar refractivity (Wildman–Crippen MR) is 127 cm³/mol. The second kappa shape index (κ2) is 8.90. The lowest BCUT2D eigenvalue weighted by molar-refractivity contribution is -0.125. The average Bonchev–Trinajstić information content (AvgIpc) is 3.56. The zero-order valence-corrected chi connectivity index (χ0v) is 19.1. The second-order valence-corrected chi connectivity index (χ2v) is 9.77. The van der Waals surface area contributed by atoms with E-state index in [0.717, 1.165) is 34.8 Å². The van der Waals surface area contributed by atoms with Crippen molar-refractivity contribution >= 4 is 34.7 Å². The number of rotatable bonds is 5. The zero-order chi connectivity index (χ0) is 22.1. The summed E-state index contributed by atoms with van der Waals surface area (Å²) in [5.41, 5.74) is 1.98. The Balaban J connectivity index is 1.46. The van der Waals surface area contributed by atoms with E-state index in [9.17, 15) is 9.59 Å². The van der Waals surface area contributed by atoms with Crippen LogP contribution in [0.25, 0.3) is 0 Å². The first kappa shape index (κ1) is 20.9. The molecule has 166 valence electrons. The number of nitrogens with zero attached hydrogens (tertiary/aromatic N) is 3. The van der Waals surface area contributed by atoms with Crippen LogP contribution in [0.3, 0.4) is 0 Å². The van der Waals surface area contributed by atoms with Crippen LogP contribution in [0.15, 0.2) is 54.0 Å². The molecule has 0 radical (unpaired) electrons. The van der Waals surface area contributed by atoms with Crippen LogP contribution in [0.4, 0.5) is 11.5 Å². The van der Waals surface area contributed by atoms with Crippen molar-refractivity contribution in [3.05, 3.63) is 64.5 Å². The summed E-state index contributed by atoms with van der Waals surface area (Å²) in [6.45, 7) is 2.03. The molecule has 2 aromatic heterocycles. The van der Waals surface area contributed by atoms with Crippen molar-refractivity contribution in [2.75, 3.05) is 10.2 Å². The monoisotopic (exact) mass is 448 g/mol. The Labute approximate surface area is 192 Å². The fourth-order valence-corrected chi connectivity index (χ4v) is 5.91. The standard InChI is InChI=1S/C25H28N4O2S/c1-17-8-10-18(11-9-17)28-23(30)13-12-20(24(28)21-7-4-16-32-21)25(31)27-22-14-15-26-29(22)19-5-2-3-6-19/h4,7-11,14-16,19-20,24H,2-3,5-6,12-13H2,1H3,(H,27,31). The Morgan fingerprint density at radius 1 is 1.09 bits per heavy atom. The minimum absolute atomic E-state index is 0.0484. The Bertz CT molecular complexity index is 1080. The van der Waals surface area contributed by atoms with Gasteiger partial charge in [0.2, 0.25) is 11.8 Å². The Morgan fingerprint density at radius 3 is 2.59 bits per heavy atom. The molecule has 32 heavy (non-hydrogen) atoms. The molecule has 2 aliphatic rings. The van der Waals surface area contributed by atoms with E-state index in [1.54, 1.807) is 17.5 Å². The molecule has 5 rings (SSSR count). The molecule has 1 N–H and O–H groups in total. The van der Waals surface area contributed by atoms with Gasteiger partial charge in [0, 0.05) is 23.1 Å². The van der Waals surface area contributed by atoms with Gasteiger partial charge in [-0.05, 0) is 49.8 Å². The van der Waals surface area contributed by atoms with Crippen LogP contribution >= 0.6 is 11.3 Å². The van der Waals surface area contributed by atoms with Crippen LogP contribution in [-0.2, 0) is 9.59 Å². The van der Waals surface area contributed by atoms with E-state index in [-0.39, 0.29) is 23.8 Å². The highest BCUT2D eigenvalue weighted by Crippen LogP contribution is 2.42. The highest BCUT2D eigenvalue weighted by Gasteiger charge is 2.42. The molecule has 2 fully saturated rings. The van der Waals surface area contributed by atoms with Crippen molar-refractivity contribution in [1.29, 1.82) is 0 Å². The van der Waals surface area contributed by atoms with Crippen LogP contribution in [0.2, 0.25) is 0 Å². The molecule has 3 aromatic rings. The van der Waals surface area contributed by atoms with Gasteiger partial charge < -0.3 is 10.2 Å². The largest absolute Gasteiger partial charge is 0.311 e. The minimum atomic E-state index is -0.334. The summed E-state index contributed by atoms with van der Waals surface area (Å²) in [5.74, 6) is 0.435. The third-order valence-electron chi connectivity index (χ3n) is 6.67. The van der Waals surface area contributed by atoms with Crippen molar-refractivity contribution in [1.82, 2.24) is 9.78 Å². The van der Waals surface area contributed by atoms with Crippen LogP contribution in [-0.4, -0.2) is 21.6 Å². The van der Waals surface area contributed by atoms with E-state index in [2.05, 4.69) is 10.4 Å². The molecule has 0 bridgehead atoms. The summed E-state index contributed by atoms with van der Waals surface area (Å²) in [6.07, 6.45) is 7.25. The van der Waals surface area contributed by atoms with Crippen molar-refractivity contribution in [3.63, 3.8) is 0 Å². The number of aryl methyl sites for hydroxylation is 1. The number of carbonyl (C=O) groups excluding carboxylic acids is 2. The Kier molecular flexibility index (Phi) is 5.83. The van der Waals surface area contributed by atoms with Gasteiger partial charge in [-0.2, -0.15) is 5.10 Å². The number of amides is 2. The summed E-state index contributed by atoms with van der Waals surface area (Å²) < 4.78 is 1.97. The van der Waals surface area contributed by atoms with Crippen molar-refractivity contribution in [2.45, 2.75) is 57.5 Å². The van der Waals surface area contributed by atoms with E-state index in [4.69, 9.17) is 0 Å². The number of hydrogen-bond donors (Lipinski definition) is 1. The summed E-state index contributed by atoms with van der Waals surface area (Å²) in [5, 5.41) is 9.65. The summed E-state index contributed by atoms with van der Waals surface area (Å²) in [6, 6.07) is 13.9.